The highest BCUT2D eigenvalue weighted by molar-refractivity contribution is 6.23. The molecular weight excluding hydrogens is 649 g/mol. The summed E-state index contributed by atoms with van der Waals surface area (Å²) in [6.07, 6.45) is 5.78. The zero-order valence-corrected chi connectivity index (χ0v) is 29.9. The Hall–Kier alpha value is -7.02. The van der Waals surface area contributed by atoms with Crippen molar-refractivity contribution in [2.45, 2.75) is 0 Å². The zero-order chi connectivity index (χ0) is 36.2. The van der Waals surface area contributed by atoms with E-state index in [-0.39, 0.29) is 0 Å². The summed E-state index contributed by atoms with van der Waals surface area (Å²) in [6, 6.07) is 64.8. The smallest absolute Gasteiger partial charge is 0.00266 e. The first-order chi connectivity index (χ1) is 26.7. The average molecular weight is 685 g/mol. The van der Waals surface area contributed by atoms with Gasteiger partial charge in [0.25, 0.3) is 0 Å². The van der Waals surface area contributed by atoms with Gasteiger partial charge in [0.1, 0.15) is 0 Å². The van der Waals surface area contributed by atoms with Gasteiger partial charge in [-0.25, -0.2) is 0 Å². The lowest BCUT2D eigenvalue weighted by molar-refractivity contribution is 1.65. The van der Waals surface area contributed by atoms with Crippen molar-refractivity contribution in [1.29, 1.82) is 0 Å². The van der Waals surface area contributed by atoms with E-state index in [1.54, 1.807) is 0 Å². The standard InChI is InChI=1S/C54H36/c1-3-14-35(4-2)41-21-12-23-45-47(41)29-31-49-51(45)33-39-17-8-10-19-43(39)53(49)37-25-27-38(28-26-37)54-44-20-11-9-18-40(44)34-52-46-24-13-22-42(36-15-6-5-7-16-36)48(46)30-32-50(52)54/h3-34H,1-2H2/b35-14+. The summed E-state index contributed by atoms with van der Waals surface area (Å²) in [7, 11) is 0. The highest BCUT2D eigenvalue weighted by Crippen LogP contribution is 2.44. The molecule has 0 amide bonds. The second-order valence-electron chi connectivity index (χ2n) is 14.1. The van der Waals surface area contributed by atoms with E-state index in [9.17, 15) is 0 Å². The predicted octanol–water partition coefficient (Wildman–Crippen LogP) is 15.4. The number of hydrogen-bond donors (Lipinski definition) is 0. The molecule has 0 spiro atoms. The third-order valence-electron chi connectivity index (χ3n) is 11.2. The SMILES string of the molecule is C=C/C=C(\C=C)c1cccc2c1ccc1c(-c3ccc(-c4c5ccccc5cc5c4ccc4c(-c6ccccc6)cccc45)cc3)c3ccccc3cc12. The highest BCUT2D eigenvalue weighted by Gasteiger charge is 2.17. The number of rotatable bonds is 6. The first-order valence-electron chi connectivity index (χ1n) is 18.6. The number of hydrogen-bond acceptors (Lipinski definition) is 0. The lowest BCUT2D eigenvalue weighted by Gasteiger charge is -2.17. The van der Waals surface area contributed by atoms with E-state index in [1.807, 2.05) is 18.2 Å². The molecule has 0 unspecified atom stereocenters. The van der Waals surface area contributed by atoms with Gasteiger partial charge < -0.3 is 0 Å². The summed E-state index contributed by atoms with van der Waals surface area (Å²) in [5.74, 6) is 0. The largest absolute Gasteiger partial charge is 0.0990 e. The molecule has 10 aromatic carbocycles. The topological polar surface area (TPSA) is 0 Å². The molecule has 0 heteroatoms. The molecule has 54 heavy (non-hydrogen) atoms. The van der Waals surface area contributed by atoms with Crippen molar-refractivity contribution in [3.63, 3.8) is 0 Å². The van der Waals surface area contributed by atoms with Gasteiger partial charge in [-0.3, -0.25) is 0 Å². The quantitative estimate of drug-likeness (QED) is 0.0929. The van der Waals surface area contributed by atoms with Crippen LogP contribution >= 0.6 is 0 Å². The van der Waals surface area contributed by atoms with Crippen molar-refractivity contribution in [1.82, 2.24) is 0 Å². The fourth-order valence-electron chi connectivity index (χ4n) is 8.75. The number of benzene rings is 10. The molecule has 0 N–H and O–H groups in total. The fraction of sp³-hybridized carbons (Fsp3) is 0. The monoisotopic (exact) mass is 684 g/mol. The van der Waals surface area contributed by atoms with Crippen molar-refractivity contribution >= 4 is 70.2 Å². The van der Waals surface area contributed by atoms with E-state index in [4.69, 9.17) is 0 Å². The Balaban J connectivity index is 1.19. The van der Waals surface area contributed by atoms with Gasteiger partial charge in [0, 0.05) is 0 Å². The Bertz CT molecular complexity index is 3160. The first kappa shape index (κ1) is 31.7. The van der Waals surface area contributed by atoms with Crippen molar-refractivity contribution in [3.8, 4) is 33.4 Å². The van der Waals surface area contributed by atoms with Crippen LogP contribution in [0.25, 0.3) is 104 Å². The van der Waals surface area contributed by atoms with Crippen molar-refractivity contribution in [2.24, 2.45) is 0 Å². The van der Waals surface area contributed by atoms with Gasteiger partial charge in [-0.1, -0.05) is 195 Å². The van der Waals surface area contributed by atoms with E-state index in [1.165, 1.54) is 98.0 Å². The van der Waals surface area contributed by atoms with Crippen LogP contribution in [0.2, 0.25) is 0 Å². The molecule has 10 rings (SSSR count). The van der Waals surface area contributed by atoms with Crippen LogP contribution in [-0.4, -0.2) is 0 Å². The van der Waals surface area contributed by atoms with Gasteiger partial charge in [0.2, 0.25) is 0 Å². The van der Waals surface area contributed by atoms with E-state index in [2.05, 4.69) is 189 Å². The van der Waals surface area contributed by atoms with Gasteiger partial charge in [-0.05, 0) is 121 Å². The van der Waals surface area contributed by atoms with E-state index < -0.39 is 0 Å². The normalized spacial score (nSPS) is 12.0. The maximum Gasteiger partial charge on any atom is -0.00266 e. The van der Waals surface area contributed by atoms with Gasteiger partial charge in [-0.2, -0.15) is 0 Å². The molecule has 0 bridgehead atoms. The molecule has 0 aliphatic rings. The van der Waals surface area contributed by atoms with Crippen LogP contribution < -0.4 is 0 Å². The third kappa shape index (κ3) is 4.99. The van der Waals surface area contributed by atoms with Gasteiger partial charge in [0.15, 0.2) is 0 Å². The minimum Gasteiger partial charge on any atom is -0.0990 e. The molecule has 0 aliphatic heterocycles. The van der Waals surface area contributed by atoms with Crippen molar-refractivity contribution in [2.75, 3.05) is 0 Å². The van der Waals surface area contributed by atoms with Crippen LogP contribution in [0, 0.1) is 0 Å². The molecule has 0 nitrogen and oxygen atoms in total. The number of fused-ring (bicyclic) bond motifs is 8. The molecule has 0 aliphatic carbocycles. The zero-order valence-electron chi connectivity index (χ0n) is 29.9. The van der Waals surface area contributed by atoms with E-state index in [0.29, 0.717) is 0 Å². The van der Waals surface area contributed by atoms with Crippen LogP contribution in [-0.2, 0) is 0 Å². The Morgan fingerprint density at radius 3 is 1.44 bits per heavy atom. The summed E-state index contributed by atoms with van der Waals surface area (Å²) in [6.45, 7) is 8.03. The van der Waals surface area contributed by atoms with Gasteiger partial charge in [0.05, 0.1) is 0 Å². The molecule has 0 atom stereocenters. The lowest BCUT2D eigenvalue weighted by atomic mass is 9.86. The van der Waals surface area contributed by atoms with Crippen LogP contribution in [0.15, 0.2) is 207 Å². The molecule has 0 saturated heterocycles. The van der Waals surface area contributed by atoms with E-state index >= 15 is 0 Å². The summed E-state index contributed by atoms with van der Waals surface area (Å²) >= 11 is 0. The molecule has 0 fully saturated rings. The first-order valence-corrected chi connectivity index (χ1v) is 18.6. The minimum absolute atomic E-state index is 1.07. The fourth-order valence-corrected chi connectivity index (χ4v) is 8.75. The molecule has 0 aromatic heterocycles. The summed E-state index contributed by atoms with van der Waals surface area (Å²) in [4.78, 5) is 0. The van der Waals surface area contributed by atoms with Crippen molar-refractivity contribution in [3.05, 3.63) is 213 Å². The molecule has 0 saturated carbocycles. The maximum atomic E-state index is 4.09. The molecule has 252 valence electrons. The second kappa shape index (κ2) is 12.9. The Morgan fingerprint density at radius 2 is 0.852 bits per heavy atom. The molecule has 10 aromatic rings. The average Bonchev–Trinajstić information content (AvgIpc) is 3.24. The molecule has 0 radical (unpaired) electrons. The van der Waals surface area contributed by atoms with Crippen LogP contribution in [0.1, 0.15) is 5.56 Å². The van der Waals surface area contributed by atoms with Gasteiger partial charge >= 0.3 is 0 Å². The lowest BCUT2D eigenvalue weighted by Crippen LogP contribution is -1.91. The van der Waals surface area contributed by atoms with Crippen molar-refractivity contribution < 1.29 is 0 Å². The number of allylic oxidation sites excluding steroid dienone is 4. The van der Waals surface area contributed by atoms with Crippen LogP contribution in [0.5, 0.6) is 0 Å². The Kier molecular flexibility index (Phi) is 7.56. The van der Waals surface area contributed by atoms with E-state index in [0.717, 1.165) is 11.1 Å². The third-order valence-corrected chi connectivity index (χ3v) is 11.2. The Labute approximate surface area is 315 Å². The second-order valence-corrected chi connectivity index (χ2v) is 14.1. The molecular formula is C54H36. The van der Waals surface area contributed by atoms with Gasteiger partial charge in [-0.15, -0.1) is 0 Å². The minimum atomic E-state index is 1.07. The highest BCUT2D eigenvalue weighted by atomic mass is 14.2. The summed E-state index contributed by atoms with van der Waals surface area (Å²) in [5, 5.41) is 15.0. The van der Waals surface area contributed by atoms with Crippen LogP contribution in [0.4, 0.5) is 0 Å². The maximum absolute atomic E-state index is 4.09. The van der Waals surface area contributed by atoms with Crippen LogP contribution in [0.3, 0.4) is 0 Å². The Morgan fingerprint density at radius 1 is 0.352 bits per heavy atom. The molecule has 0 heterocycles. The summed E-state index contributed by atoms with van der Waals surface area (Å²) < 4.78 is 0. The summed E-state index contributed by atoms with van der Waals surface area (Å²) in [5.41, 5.74) is 9.67. The predicted molar refractivity (Wildman–Crippen MR) is 236 cm³/mol.